The van der Waals surface area contributed by atoms with E-state index in [1.54, 1.807) is 23.5 Å². The highest BCUT2D eigenvalue weighted by Gasteiger charge is 2.29. The maximum absolute atomic E-state index is 12.8. The molecular weight excluding hydrogens is 284 g/mol. The molecular formula is C16H26N2O2S. The van der Waals surface area contributed by atoms with Crippen molar-refractivity contribution in [1.82, 2.24) is 4.31 Å². The van der Waals surface area contributed by atoms with Crippen molar-refractivity contribution in [3.63, 3.8) is 0 Å². The number of nitrogen functional groups attached to an aromatic ring is 1. The van der Waals surface area contributed by atoms with Crippen molar-refractivity contribution in [3.8, 4) is 0 Å². The predicted molar refractivity (Wildman–Crippen MR) is 86.8 cm³/mol. The van der Waals surface area contributed by atoms with Gasteiger partial charge >= 0.3 is 0 Å². The Hall–Kier alpha value is -1.07. The number of benzene rings is 1. The van der Waals surface area contributed by atoms with E-state index in [9.17, 15) is 8.42 Å². The molecule has 0 aliphatic heterocycles. The van der Waals surface area contributed by atoms with Crippen molar-refractivity contribution >= 4 is 15.7 Å². The summed E-state index contributed by atoms with van der Waals surface area (Å²) in [6.07, 6.45) is 6.55. The van der Waals surface area contributed by atoms with Gasteiger partial charge in [0, 0.05) is 18.8 Å². The lowest BCUT2D eigenvalue weighted by molar-refractivity contribution is 0.335. The molecule has 0 bridgehead atoms. The summed E-state index contributed by atoms with van der Waals surface area (Å²) in [6, 6.07) is 3.43. The average molecular weight is 310 g/mol. The van der Waals surface area contributed by atoms with Crippen LogP contribution in [0.2, 0.25) is 0 Å². The van der Waals surface area contributed by atoms with Gasteiger partial charge in [-0.3, -0.25) is 0 Å². The van der Waals surface area contributed by atoms with Gasteiger partial charge in [0.2, 0.25) is 10.0 Å². The molecule has 1 aromatic rings. The van der Waals surface area contributed by atoms with E-state index in [1.165, 1.54) is 12.8 Å². The number of nitrogens with two attached hydrogens (primary N) is 1. The SMILES string of the molecule is Cc1cc(S(=O)(=O)N(C)C2CCCCCC2)cc(N)c1C. The van der Waals surface area contributed by atoms with E-state index in [2.05, 4.69) is 0 Å². The lowest BCUT2D eigenvalue weighted by Crippen LogP contribution is -2.36. The molecule has 1 fully saturated rings. The van der Waals surface area contributed by atoms with E-state index in [0.717, 1.165) is 36.8 Å². The van der Waals surface area contributed by atoms with Crippen molar-refractivity contribution in [2.45, 2.75) is 63.3 Å². The van der Waals surface area contributed by atoms with E-state index < -0.39 is 10.0 Å². The van der Waals surface area contributed by atoms with E-state index in [4.69, 9.17) is 5.73 Å². The van der Waals surface area contributed by atoms with Crippen LogP contribution in [0.1, 0.15) is 49.7 Å². The van der Waals surface area contributed by atoms with E-state index in [1.807, 2.05) is 13.8 Å². The summed E-state index contributed by atoms with van der Waals surface area (Å²) in [5.74, 6) is 0. The normalized spacial score (nSPS) is 17.9. The van der Waals surface area contributed by atoms with E-state index in [-0.39, 0.29) is 6.04 Å². The highest BCUT2D eigenvalue weighted by atomic mass is 32.2. The summed E-state index contributed by atoms with van der Waals surface area (Å²) >= 11 is 0. The summed E-state index contributed by atoms with van der Waals surface area (Å²) in [7, 11) is -1.76. The van der Waals surface area contributed by atoms with Crippen molar-refractivity contribution in [2.75, 3.05) is 12.8 Å². The smallest absolute Gasteiger partial charge is 0.243 e. The monoisotopic (exact) mass is 310 g/mol. The van der Waals surface area contributed by atoms with Gasteiger partial charge in [0.1, 0.15) is 0 Å². The molecule has 0 spiro atoms. The van der Waals surface area contributed by atoms with Gasteiger partial charge < -0.3 is 5.73 Å². The number of anilines is 1. The minimum atomic E-state index is -3.46. The van der Waals surface area contributed by atoms with Crippen LogP contribution in [-0.2, 0) is 10.0 Å². The number of hydrogen-bond acceptors (Lipinski definition) is 3. The average Bonchev–Trinajstić information content (AvgIpc) is 2.72. The molecule has 0 aromatic heterocycles. The van der Waals surface area contributed by atoms with Crippen molar-refractivity contribution in [2.24, 2.45) is 0 Å². The first-order chi connectivity index (χ1) is 9.84. The quantitative estimate of drug-likeness (QED) is 0.688. The summed E-state index contributed by atoms with van der Waals surface area (Å²) < 4.78 is 27.2. The van der Waals surface area contributed by atoms with Crippen LogP contribution in [0.25, 0.3) is 0 Å². The van der Waals surface area contributed by atoms with Gasteiger partial charge in [-0.2, -0.15) is 4.31 Å². The van der Waals surface area contributed by atoms with Gasteiger partial charge in [-0.15, -0.1) is 0 Å². The lowest BCUT2D eigenvalue weighted by atomic mass is 10.1. The molecule has 5 heteroatoms. The third kappa shape index (κ3) is 3.40. The Labute approximate surface area is 128 Å². The molecule has 1 aromatic carbocycles. The highest BCUT2D eigenvalue weighted by molar-refractivity contribution is 7.89. The molecule has 1 aliphatic carbocycles. The van der Waals surface area contributed by atoms with Gasteiger partial charge in [-0.25, -0.2) is 8.42 Å². The Kier molecular flexibility index (Phi) is 4.94. The first-order valence-electron chi connectivity index (χ1n) is 7.69. The molecule has 0 radical (unpaired) electrons. The van der Waals surface area contributed by atoms with Crippen LogP contribution in [0.5, 0.6) is 0 Å². The molecule has 2 N–H and O–H groups in total. The lowest BCUT2D eigenvalue weighted by Gasteiger charge is -2.27. The standard InChI is InChI=1S/C16H26N2O2S/c1-12-10-15(11-16(17)13(12)2)21(19,20)18(3)14-8-6-4-5-7-9-14/h10-11,14H,4-9,17H2,1-3H3. The minimum Gasteiger partial charge on any atom is -0.398 e. The summed E-state index contributed by atoms with van der Waals surface area (Å²) in [6.45, 7) is 3.81. The molecule has 0 atom stereocenters. The van der Waals surface area contributed by atoms with E-state index >= 15 is 0 Å². The Morgan fingerprint density at radius 3 is 2.19 bits per heavy atom. The van der Waals surface area contributed by atoms with Gasteiger partial charge in [0.25, 0.3) is 0 Å². The molecule has 1 aliphatic rings. The summed E-state index contributed by atoms with van der Waals surface area (Å²) in [4.78, 5) is 0.315. The zero-order valence-electron chi connectivity index (χ0n) is 13.2. The zero-order chi connectivity index (χ0) is 15.6. The van der Waals surface area contributed by atoms with Crippen molar-refractivity contribution < 1.29 is 8.42 Å². The molecule has 0 amide bonds. The number of hydrogen-bond donors (Lipinski definition) is 1. The second kappa shape index (κ2) is 6.36. The topological polar surface area (TPSA) is 63.4 Å². The van der Waals surface area contributed by atoms with Crippen LogP contribution in [0, 0.1) is 13.8 Å². The van der Waals surface area contributed by atoms with Crippen LogP contribution in [0.3, 0.4) is 0 Å². The molecule has 1 saturated carbocycles. The Bertz CT molecular complexity index is 580. The van der Waals surface area contributed by atoms with Gasteiger partial charge in [-0.1, -0.05) is 25.7 Å². The van der Waals surface area contributed by atoms with Gasteiger partial charge in [-0.05, 0) is 49.9 Å². The fourth-order valence-corrected chi connectivity index (χ4v) is 4.52. The van der Waals surface area contributed by atoms with Crippen LogP contribution < -0.4 is 5.73 Å². The summed E-state index contributed by atoms with van der Waals surface area (Å²) in [5.41, 5.74) is 8.35. The third-order valence-corrected chi connectivity index (χ3v) is 6.58. The zero-order valence-corrected chi connectivity index (χ0v) is 14.0. The van der Waals surface area contributed by atoms with Gasteiger partial charge in [0.15, 0.2) is 0 Å². The Balaban J connectivity index is 2.32. The number of rotatable bonds is 3. The first-order valence-corrected chi connectivity index (χ1v) is 9.13. The third-order valence-electron chi connectivity index (χ3n) is 4.70. The van der Waals surface area contributed by atoms with E-state index in [0.29, 0.717) is 10.6 Å². The highest BCUT2D eigenvalue weighted by Crippen LogP contribution is 2.28. The molecule has 2 rings (SSSR count). The number of aryl methyl sites for hydroxylation is 1. The number of sulfonamides is 1. The van der Waals surface area contributed by atoms with Crippen LogP contribution >= 0.6 is 0 Å². The molecule has 0 saturated heterocycles. The van der Waals surface area contributed by atoms with Gasteiger partial charge in [0.05, 0.1) is 4.90 Å². The summed E-state index contributed by atoms with van der Waals surface area (Å²) in [5, 5.41) is 0. The molecule has 0 unspecified atom stereocenters. The first kappa shape index (κ1) is 16.3. The number of nitrogens with zero attached hydrogens (tertiary/aromatic N) is 1. The largest absolute Gasteiger partial charge is 0.398 e. The maximum Gasteiger partial charge on any atom is 0.243 e. The Morgan fingerprint density at radius 2 is 1.67 bits per heavy atom. The second-order valence-electron chi connectivity index (χ2n) is 6.12. The van der Waals surface area contributed by atoms with Crippen LogP contribution in [-0.4, -0.2) is 25.8 Å². The fourth-order valence-electron chi connectivity index (χ4n) is 2.99. The maximum atomic E-state index is 12.8. The molecule has 118 valence electrons. The second-order valence-corrected chi connectivity index (χ2v) is 8.12. The molecule has 21 heavy (non-hydrogen) atoms. The van der Waals surface area contributed by atoms with Crippen LogP contribution in [0.4, 0.5) is 5.69 Å². The van der Waals surface area contributed by atoms with Crippen molar-refractivity contribution in [3.05, 3.63) is 23.3 Å². The Morgan fingerprint density at radius 1 is 1.10 bits per heavy atom. The van der Waals surface area contributed by atoms with Crippen LogP contribution in [0.15, 0.2) is 17.0 Å². The molecule has 4 nitrogen and oxygen atoms in total. The predicted octanol–water partition coefficient (Wildman–Crippen LogP) is 3.23. The van der Waals surface area contributed by atoms with Crippen molar-refractivity contribution in [1.29, 1.82) is 0 Å². The fraction of sp³-hybridized carbons (Fsp3) is 0.625. The molecule has 0 heterocycles. The minimum absolute atomic E-state index is 0.111.